The van der Waals surface area contributed by atoms with Crippen LogP contribution in [0.4, 0.5) is 0 Å². The second-order valence-corrected chi connectivity index (χ2v) is 8.29. The van der Waals surface area contributed by atoms with Crippen LogP contribution in [0.1, 0.15) is 51.6 Å². The number of nitrogens with one attached hydrogen (secondary N) is 1. The Morgan fingerprint density at radius 1 is 0.886 bits per heavy atom. The molecule has 0 aliphatic carbocycles. The first-order valence-corrected chi connectivity index (χ1v) is 11.8. The SMILES string of the molecule is CCCCNC(=O)c1cc2ccc(OC(=O)c3ccccc3CCc3ccccc3)cc2oc1=O. The third-order valence-electron chi connectivity index (χ3n) is 5.74. The highest BCUT2D eigenvalue weighted by atomic mass is 16.5. The van der Waals surface area contributed by atoms with Gasteiger partial charge in [-0.1, -0.05) is 61.9 Å². The molecule has 0 radical (unpaired) electrons. The smallest absolute Gasteiger partial charge is 0.349 e. The van der Waals surface area contributed by atoms with E-state index in [4.69, 9.17) is 9.15 Å². The van der Waals surface area contributed by atoms with Crippen LogP contribution in [0.15, 0.2) is 88.1 Å². The first-order chi connectivity index (χ1) is 17.0. The molecule has 0 fully saturated rings. The maximum Gasteiger partial charge on any atom is 0.349 e. The van der Waals surface area contributed by atoms with Crippen LogP contribution >= 0.6 is 0 Å². The zero-order valence-corrected chi connectivity index (χ0v) is 19.6. The summed E-state index contributed by atoms with van der Waals surface area (Å²) in [5.74, 6) is -0.692. The minimum atomic E-state index is -0.735. The zero-order chi connectivity index (χ0) is 24.6. The summed E-state index contributed by atoms with van der Waals surface area (Å²) < 4.78 is 11.0. The van der Waals surface area contributed by atoms with Gasteiger partial charge in [-0.05, 0) is 54.7 Å². The van der Waals surface area contributed by atoms with Crippen LogP contribution in [0.3, 0.4) is 0 Å². The van der Waals surface area contributed by atoms with E-state index >= 15 is 0 Å². The molecule has 1 aromatic heterocycles. The minimum Gasteiger partial charge on any atom is -0.423 e. The number of aryl methyl sites for hydroxylation is 2. The van der Waals surface area contributed by atoms with Crippen molar-refractivity contribution in [2.75, 3.05) is 6.54 Å². The van der Waals surface area contributed by atoms with Crippen LogP contribution in [0.2, 0.25) is 0 Å². The molecule has 178 valence electrons. The molecule has 6 nitrogen and oxygen atoms in total. The number of carbonyl (C=O) groups is 2. The lowest BCUT2D eigenvalue weighted by atomic mass is 10.00. The van der Waals surface area contributed by atoms with E-state index in [-0.39, 0.29) is 16.9 Å². The number of esters is 1. The summed E-state index contributed by atoms with van der Waals surface area (Å²) in [5, 5.41) is 3.28. The summed E-state index contributed by atoms with van der Waals surface area (Å²) in [4.78, 5) is 37.6. The first kappa shape index (κ1) is 24.0. The molecule has 3 aromatic carbocycles. The largest absolute Gasteiger partial charge is 0.423 e. The van der Waals surface area contributed by atoms with Crippen LogP contribution in [-0.2, 0) is 12.8 Å². The fourth-order valence-electron chi connectivity index (χ4n) is 3.81. The average molecular weight is 470 g/mol. The predicted octanol–water partition coefficient (Wildman–Crippen LogP) is 5.33. The Hall–Kier alpha value is -4.19. The van der Waals surface area contributed by atoms with Crippen molar-refractivity contribution in [2.45, 2.75) is 32.6 Å². The van der Waals surface area contributed by atoms with Gasteiger partial charge in [0.25, 0.3) is 5.91 Å². The van der Waals surface area contributed by atoms with Gasteiger partial charge in [0.05, 0.1) is 5.56 Å². The molecule has 1 amide bonds. The van der Waals surface area contributed by atoms with Crippen molar-refractivity contribution in [1.29, 1.82) is 0 Å². The first-order valence-electron chi connectivity index (χ1n) is 11.8. The van der Waals surface area contributed by atoms with Crippen molar-refractivity contribution in [1.82, 2.24) is 5.32 Å². The highest BCUT2D eigenvalue weighted by molar-refractivity contribution is 5.97. The molecule has 0 spiro atoms. The van der Waals surface area contributed by atoms with Gasteiger partial charge >= 0.3 is 11.6 Å². The Kier molecular flexibility index (Phi) is 7.73. The molecule has 0 aliphatic rings. The van der Waals surface area contributed by atoms with E-state index in [0.717, 1.165) is 24.8 Å². The van der Waals surface area contributed by atoms with Gasteiger partial charge in [0.15, 0.2) is 0 Å². The average Bonchev–Trinajstić information content (AvgIpc) is 2.88. The standard InChI is InChI=1S/C29H27NO5/c1-2-3-17-30-27(31)25-18-22-15-16-23(19-26(22)35-29(25)33)34-28(32)24-12-8-7-11-21(24)14-13-20-9-5-4-6-10-20/h4-12,15-16,18-19H,2-3,13-14,17H2,1H3,(H,30,31). The lowest BCUT2D eigenvalue weighted by Crippen LogP contribution is -2.28. The van der Waals surface area contributed by atoms with E-state index in [1.165, 1.54) is 17.7 Å². The summed E-state index contributed by atoms with van der Waals surface area (Å²) in [6.07, 6.45) is 3.27. The van der Waals surface area contributed by atoms with E-state index in [1.807, 2.05) is 37.3 Å². The molecule has 6 heteroatoms. The molecule has 0 saturated heterocycles. The van der Waals surface area contributed by atoms with E-state index in [0.29, 0.717) is 23.9 Å². The molecule has 0 bridgehead atoms. The van der Waals surface area contributed by atoms with Gasteiger partial charge in [-0.25, -0.2) is 9.59 Å². The topological polar surface area (TPSA) is 85.6 Å². The summed E-state index contributed by atoms with van der Waals surface area (Å²) in [7, 11) is 0. The Morgan fingerprint density at radius 2 is 1.66 bits per heavy atom. The molecule has 4 rings (SSSR count). The molecule has 0 aliphatic heterocycles. The van der Waals surface area contributed by atoms with Crippen molar-refractivity contribution in [3.8, 4) is 5.75 Å². The van der Waals surface area contributed by atoms with E-state index in [1.54, 1.807) is 24.3 Å². The number of hydrogen-bond donors (Lipinski definition) is 1. The molecule has 1 heterocycles. The number of fused-ring (bicyclic) bond motifs is 1. The van der Waals surface area contributed by atoms with Gasteiger partial charge in [0.1, 0.15) is 16.9 Å². The summed E-state index contributed by atoms with van der Waals surface area (Å²) in [5.41, 5.74) is 2.03. The van der Waals surface area contributed by atoms with Gasteiger partial charge in [0.2, 0.25) is 0 Å². The summed E-state index contributed by atoms with van der Waals surface area (Å²) >= 11 is 0. The predicted molar refractivity (Wildman–Crippen MR) is 135 cm³/mol. The second-order valence-electron chi connectivity index (χ2n) is 8.29. The number of unbranched alkanes of at least 4 members (excludes halogenated alkanes) is 1. The van der Waals surface area contributed by atoms with Crippen molar-refractivity contribution in [2.24, 2.45) is 0 Å². The molecule has 35 heavy (non-hydrogen) atoms. The molecule has 0 atom stereocenters. The molecule has 1 N–H and O–H groups in total. The van der Waals surface area contributed by atoms with Crippen LogP contribution in [0.25, 0.3) is 11.0 Å². The van der Waals surface area contributed by atoms with Crippen LogP contribution in [0.5, 0.6) is 5.75 Å². The van der Waals surface area contributed by atoms with E-state index < -0.39 is 17.5 Å². The molecule has 4 aromatic rings. The number of carbonyl (C=O) groups excluding carboxylic acids is 2. The van der Waals surface area contributed by atoms with Crippen LogP contribution in [0, 0.1) is 0 Å². The zero-order valence-electron chi connectivity index (χ0n) is 19.6. The molecular formula is C29H27NO5. The van der Waals surface area contributed by atoms with Gasteiger partial charge in [0, 0.05) is 18.0 Å². The Morgan fingerprint density at radius 3 is 2.46 bits per heavy atom. The van der Waals surface area contributed by atoms with Gasteiger partial charge in [-0.3, -0.25) is 4.79 Å². The van der Waals surface area contributed by atoms with Crippen LogP contribution < -0.4 is 15.7 Å². The molecule has 0 saturated carbocycles. The second kappa shape index (κ2) is 11.3. The lowest BCUT2D eigenvalue weighted by molar-refractivity contribution is 0.0733. The maximum atomic E-state index is 13.0. The van der Waals surface area contributed by atoms with Crippen molar-refractivity contribution in [3.63, 3.8) is 0 Å². The lowest BCUT2D eigenvalue weighted by Gasteiger charge is -2.10. The normalized spacial score (nSPS) is 10.8. The van der Waals surface area contributed by atoms with Gasteiger partial charge in [-0.2, -0.15) is 0 Å². The Labute approximate surface area is 203 Å². The van der Waals surface area contributed by atoms with Gasteiger partial charge < -0.3 is 14.5 Å². The third-order valence-corrected chi connectivity index (χ3v) is 5.74. The monoisotopic (exact) mass is 469 g/mol. The van der Waals surface area contributed by atoms with Gasteiger partial charge in [-0.15, -0.1) is 0 Å². The highest BCUT2D eigenvalue weighted by Gasteiger charge is 2.16. The number of rotatable bonds is 9. The highest BCUT2D eigenvalue weighted by Crippen LogP contribution is 2.22. The van der Waals surface area contributed by atoms with E-state index in [2.05, 4.69) is 17.4 Å². The third kappa shape index (κ3) is 6.03. The van der Waals surface area contributed by atoms with E-state index in [9.17, 15) is 14.4 Å². The number of benzene rings is 3. The van der Waals surface area contributed by atoms with Crippen molar-refractivity contribution >= 4 is 22.8 Å². The van der Waals surface area contributed by atoms with Crippen LogP contribution in [-0.4, -0.2) is 18.4 Å². The maximum absolute atomic E-state index is 13.0. The van der Waals surface area contributed by atoms with Crippen molar-refractivity contribution < 1.29 is 18.7 Å². The summed E-state index contributed by atoms with van der Waals surface area (Å²) in [6.45, 7) is 2.51. The quantitative estimate of drug-likeness (QED) is 0.155. The molecular weight excluding hydrogens is 442 g/mol. The number of ether oxygens (including phenoxy) is 1. The number of hydrogen-bond acceptors (Lipinski definition) is 5. The number of amides is 1. The van der Waals surface area contributed by atoms with Crippen molar-refractivity contribution in [3.05, 3.63) is 112 Å². The Bertz CT molecular complexity index is 1390. The fourth-order valence-corrected chi connectivity index (χ4v) is 3.81. The summed E-state index contributed by atoms with van der Waals surface area (Å²) in [6, 6.07) is 23.7. The fraction of sp³-hybridized carbons (Fsp3) is 0.207. The Balaban J connectivity index is 1.50. The molecule has 0 unspecified atom stereocenters. The minimum absolute atomic E-state index is 0.0503.